The Hall–Kier alpha value is -3.51. The van der Waals surface area contributed by atoms with Gasteiger partial charge in [0.15, 0.2) is 17.3 Å². The van der Waals surface area contributed by atoms with Crippen LogP contribution in [0.4, 0.5) is 24.5 Å². The Balaban J connectivity index is 1.47. The van der Waals surface area contributed by atoms with Crippen molar-refractivity contribution in [1.82, 2.24) is 5.43 Å². The lowest BCUT2D eigenvalue weighted by Gasteiger charge is -2.08. The summed E-state index contributed by atoms with van der Waals surface area (Å²) in [7, 11) is 0. The van der Waals surface area contributed by atoms with Crippen molar-refractivity contribution in [2.75, 3.05) is 5.32 Å². The van der Waals surface area contributed by atoms with Crippen LogP contribution in [0.25, 0.3) is 0 Å². The van der Waals surface area contributed by atoms with Gasteiger partial charge in [-0.2, -0.15) is 10.1 Å². The highest BCUT2D eigenvalue weighted by atomic mass is 35.5. The van der Waals surface area contributed by atoms with Gasteiger partial charge in [0.25, 0.3) is 0 Å². The van der Waals surface area contributed by atoms with Crippen molar-refractivity contribution in [2.45, 2.75) is 6.36 Å². The number of thiocarbonyl (C=S) groups is 1. The minimum atomic E-state index is -4.74. The predicted molar refractivity (Wildman–Crippen MR) is 140 cm³/mol. The molecular weight excluding hydrogens is 536 g/mol. The van der Waals surface area contributed by atoms with E-state index in [1.165, 1.54) is 30.6 Å². The Bertz CT molecular complexity index is 1280. The highest BCUT2D eigenvalue weighted by Gasteiger charge is 2.31. The lowest BCUT2D eigenvalue weighted by atomic mass is 10.1. The van der Waals surface area contributed by atoms with Gasteiger partial charge in [0, 0.05) is 22.7 Å². The van der Waals surface area contributed by atoms with E-state index in [2.05, 4.69) is 25.6 Å². The van der Waals surface area contributed by atoms with Gasteiger partial charge in [0.1, 0.15) is 11.4 Å². The molecule has 0 aromatic heterocycles. The zero-order chi connectivity index (χ0) is 26.1. The molecule has 0 fully saturated rings. The van der Waals surface area contributed by atoms with Gasteiger partial charge in [-0.05, 0) is 48.1 Å². The minimum Gasteiger partial charge on any atom is -0.406 e. The molecule has 36 heavy (non-hydrogen) atoms. The maximum absolute atomic E-state index is 12.2. The highest BCUT2D eigenvalue weighted by molar-refractivity contribution is 7.80. The summed E-state index contributed by atoms with van der Waals surface area (Å²) in [4.78, 5) is 4.04. The number of nitrogens with zero attached hydrogens (tertiary/aromatic N) is 2. The summed E-state index contributed by atoms with van der Waals surface area (Å²) >= 11 is 17.1. The fraction of sp³-hybridized carbons (Fsp3) is 0.0435. The largest absolute Gasteiger partial charge is 0.573 e. The molecule has 3 aromatic carbocycles. The third-order valence-corrected chi connectivity index (χ3v) is 5.07. The van der Waals surface area contributed by atoms with Gasteiger partial charge in [0.2, 0.25) is 0 Å². The number of benzene rings is 3. The minimum absolute atomic E-state index is 0.00936. The van der Waals surface area contributed by atoms with Crippen LogP contribution >= 0.6 is 35.4 Å². The van der Waals surface area contributed by atoms with Crippen molar-refractivity contribution in [3.8, 4) is 5.75 Å². The average molecular weight is 554 g/mol. The molecule has 13 heteroatoms. The second-order valence-corrected chi connectivity index (χ2v) is 8.23. The van der Waals surface area contributed by atoms with Crippen LogP contribution < -0.4 is 20.8 Å². The van der Waals surface area contributed by atoms with Crippen molar-refractivity contribution in [1.29, 1.82) is 5.41 Å². The van der Waals surface area contributed by atoms with E-state index in [9.17, 15) is 13.2 Å². The molecule has 0 heterocycles. The van der Waals surface area contributed by atoms with Crippen LogP contribution in [0, 0.1) is 5.41 Å². The van der Waals surface area contributed by atoms with Crippen LogP contribution in [0.3, 0.4) is 0 Å². The lowest BCUT2D eigenvalue weighted by molar-refractivity contribution is -0.432. The maximum atomic E-state index is 12.2. The van der Waals surface area contributed by atoms with Gasteiger partial charge in [0.05, 0.1) is 16.9 Å². The van der Waals surface area contributed by atoms with Gasteiger partial charge < -0.3 is 10.1 Å². The van der Waals surface area contributed by atoms with Crippen molar-refractivity contribution >= 4 is 70.3 Å². The Kier molecular flexibility index (Phi) is 9.37. The number of quaternary nitrogens is 1. The zero-order valence-electron chi connectivity index (χ0n) is 18.2. The molecule has 0 aliphatic carbocycles. The number of halogens is 5. The molecule has 0 spiro atoms. The second-order valence-electron chi connectivity index (χ2n) is 6.98. The number of ether oxygens (including phenoxy) is 1. The SMILES string of the molecule is N=C(N=C[NH2+]c1ccc(OC(F)(F)F)cc1)c1ccc(/C=N/NC(=S)Nc2ccc(Cl)cc2Cl)cc1. The van der Waals surface area contributed by atoms with Crippen LogP contribution in [0.2, 0.25) is 10.0 Å². The number of anilines is 1. The molecule has 3 aromatic rings. The third kappa shape index (κ3) is 8.93. The summed E-state index contributed by atoms with van der Waals surface area (Å²) < 4.78 is 40.4. The number of aliphatic imine (C=N–C) groups is 1. The van der Waals surface area contributed by atoms with Crippen LogP contribution in [-0.4, -0.2) is 29.9 Å². The van der Waals surface area contributed by atoms with E-state index in [4.69, 9.17) is 40.8 Å². The van der Waals surface area contributed by atoms with E-state index in [-0.39, 0.29) is 16.7 Å². The summed E-state index contributed by atoms with van der Waals surface area (Å²) in [5, 5.41) is 17.8. The van der Waals surface area contributed by atoms with E-state index >= 15 is 0 Å². The molecule has 0 saturated heterocycles. The topological polar surface area (TPSA) is 98.5 Å². The number of hydrogen-bond acceptors (Lipinski definition) is 4. The standard InChI is InChI=1S/C23H17Cl2F3N6OS/c24-16-5-10-20(19(25)11-16)33-22(36)34-32-12-14-1-3-15(4-2-14)21(29)31-13-30-17-6-8-18(9-7-17)35-23(26,27)28/h1-13H,(H2,29,30,31)(H2,33,34,36)/p+1/b32-12+. The molecule has 7 nitrogen and oxygen atoms in total. The molecule has 0 atom stereocenters. The first-order valence-electron chi connectivity index (χ1n) is 10.1. The van der Waals surface area contributed by atoms with E-state index in [0.717, 1.165) is 5.56 Å². The van der Waals surface area contributed by atoms with Crippen molar-refractivity contribution in [2.24, 2.45) is 10.1 Å². The van der Waals surface area contributed by atoms with E-state index < -0.39 is 6.36 Å². The average Bonchev–Trinajstić information content (AvgIpc) is 2.81. The Morgan fingerprint density at radius 2 is 1.72 bits per heavy atom. The molecule has 0 unspecified atom stereocenters. The fourth-order valence-electron chi connectivity index (χ4n) is 2.69. The van der Waals surface area contributed by atoms with Gasteiger partial charge >= 0.3 is 6.36 Å². The van der Waals surface area contributed by atoms with Crippen molar-refractivity contribution in [3.05, 3.63) is 87.9 Å². The fourth-order valence-corrected chi connectivity index (χ4v) is 3.31. The normalized spacial score (nSPS) is 11.6. The van der Waals surface area contributed by atoms with Crippen LogP contribution in [0.1, 0.15) is 11.1 Å². The van der Waals surface area contributed by atoms with Gasteiger partial charge in [-0.1, -0.05) is 47.5 Å². The van der Waals surface area contributed by atoms with Crippen molar-refractivity contribution in [3.63, 3.8) is 0 Å². The number of hydrogen-bond donors (Lipinski definition) is 4. The second kappa shape index (κ2) is 12.5. The van der Waals surface area contributed by atoms with Crippen molar-refractivity contribution < 1.29 is 23.2 Å². The molecular formula is C23H18Cl2F3N6OS+. The first kappa shape index (κ1) is 27.1. The monoisotopic (exact) mass is 553 g/mol. The number of hydrazone groups is 1. The highest BCUT2D eigenvalue weighted by Crippen LogP contribution is 2.25. The number of alkyl halides is 3. The van der Waals surface area contributed by atoms with Crippen LogP contribution in [0.5, 0.6) is 5.75 Å². The number of nitrogens with two attached hydrogens (primary N) is 1. The first-order valence-corrected chi connectivity index (χ1v) is 11.2. The van der Waals surface area contributed by atoms with E-state index in [1.54, 1.807) is 54.0 Å². The molecule has 0 amide bonds. The summed E-state index contributed by atoms with van der Waals surface area (Å²) in [5.74, 6) is -0.303. The van der Waals surface area contributed by atoms with E-state index in [1.807, 2.05) is 0 Å². The number of amidine groups is 1. The van der Waals surface area contributed by atoms with E-state index in [0.29, 0.717) is 27.0 Å². The molecule has 3 rings (SSSR count). The third-order valence-electron chi connectivity index (χ3n) is 4.33. The predicted octanol–water partition coefficient (Wildman–Crippen LogP) is 5.46. The molecule has 0 aliphatic rings. The first-order chi connectivity index (χ1) is 17.1. The maximum Gasteiger partial charge on any atom is 0.573 e. The number of nitrogens with one attached hydrogen (secondary N) is 3. The molecule has 186 valence electrons. The zero-order valence-corrected chi connectivity index (χ0v) is 20.5. The van der Waals surface area contributed by atoms with Gasteiger partial charge in [-0.15, -0.1) is 13.2 Å². The Labute approximate surface area is 219 Å². The van der Waals surface area contributed by atoms with Crippen LogP contribution in [-0.2, 0) is 0 Å². The summed E-state index contributed by atoms with van der Waals surface area (Å²) in [6, 6.07) is 17.2. The van der Waals surface area contributed by atoms with Gasteiger partial charge in [-0.3, -0.25) is 16.2 Å². The quantitative estimate of drug-likeness (QED) is 0.103. The van der Waals surface area contributed by atoms with Gasteiger partial charge in [-0.25, -0.2) is 0 Å². The lowest BCUT2D eigenvalue weighted by Crippen LogP contribution is -2.76. The molecule has 5 N–H and O–H groups in total. The molecule has 0 bridgehead atoms. The molecule has 0 aliphatic heterocycles. The van der Waals surface area contributed by atoms with Crippen LogP contribution in [0.15, 0.2) is 76.8 Å². The Morgan fingerprint density at radius 3 is 2.36 bits per heavy atom. The smallest absolute Gasteiger partial charge is 0.406 e. The summed E-state index contributed by atoms with van der Waals surface area (Å²) in [6.07, 6.45) is -1.80. The molecule has 0 saturated carbocycles. The molecule has 0 radical (unpaired) electrons. The summed E-state index contributed by atoms with van der Waals surface area (Å²) in [5.41, 5.74) is 5.19. The summed E-state index contributed by atoms with van der Waals surface area (Å²) in [6.45, 7) is 0. The Morgan fingerprint density at radius 1 is 1.03 bits per heavy atom. The number of rotatable bonds is 7.